The molecule has 1 aliphatic carbocycles. The Bertz CT molecular complexity index is 292. The monoisotopic (exact) mass is 209 g/mol. The van der Waals surface area contributed by atoms with E-state index in [2.05, 4.69) is 25.0 Å². The fraction of sp³-hybridized carbons (Fsp3) is 0.750. The SMILES string of the molecule is CCc1cnc(C2CCC(CC)C2)s1. The molecule has 0 N–H and O–H groups in total. The lowest BCUT2D eigenvalue weighted by atomic mass is 10.0. The van der Waals surface area contributed by atoms with Gasteiger partial charge in [0.25, 0.3) is 0 Å². The molecule has 1 saturated carbocycles. The highest BCUT2D eigenvalue weighted by molar-refractivity contribution is 7.11. The van der Waals surface area contributed by atoms with E-state index < -0.39 is 0 Å². The highest BCUT2D eigenvalue weighted by Crippen LogP contribution is 2.40. The van der Waals surface area contributed by atoms with Gasteiger partial charge in [-0.05, 0) is 31.6 Å². The maximum absolute atomic E-state index is 4.56. The van der Waals surface area contributed by atoms with Crippen molar-refractivity contribution in [2.75, 3.05) is 0 Å². The number of aromatic nitrogens is 1. The normalized spacial score (nSPS) is 27.0. The van der Waals surface area contributed by atoms with Crippen LogP contribution in [-0.4, -0.2) is 4.98 Å². The third-order valence-electron chi connectivity index (χ3n) is 3.39. The molecule has 14 heavy (non-hydrogen) atoms. The van der Waals surface area contributed by atoms with Crippen LogP contribution in [0.4, 0.5) is 0 Å². The first-order chi connectivity index (χ1) is 6.83. The van der Waals surface area contributed by atoms with Gasteiger partial charge in [0.05, 0.1) is 5.01 Å². The summed E-state index contributed by atoms with van der Waals surface area (Å²) >= 11 is 1.93. The van der Waals surface area contributed by atoms with Gasteiger partial charge in [-0.25, -0.2) is 4.98 Å². The molecule has 0 amide bonds. The second-order valence-electron chi connectivity index (χ2n) is 4.30. The van der Waals surface area contributed by atoms with Gasteiger partial charge in [-0.2, -0.15) is 0 Å². The molecule has 1 fully saturated rings. The van der Waals surface area contributed by atoms with Crippen LogP contribution in [0.3, 0.4) is 0 Å². The Labute approximate surface area is 90.6 Å². The van der Waals surface area contributed by atoms with Crippen molar-refractivity contribution in [2.24, 2.45) is 5.92 Å². The average Bonchev–Trinajstić information content (AvgIpc) is 2.86. The Balaban J connectivity index is 2.02. The zero-order valence-electron chi connectivity index (χ0n) is 9.12. The van der Waals surface area contributed by atoms with E-state index in [4.69, 9.17) is 0 Å². The van der Waals surface area contributed by atoms with Crippen molar-refractivity contribution in [2.45, 2.75) is 51.9 Å². The summed E-state index contributed by atoms with van der Waals surface area (Å²) in [4.78, 5) is 6.00. The summed E-state index contributed by atoms with van der Waals surface area (Å²) in [5.41, 5.74) is 0. The van der Waals surface area contributed by atoms with Crippen LogP contribution in [0.1, 0.15) is 55.3 Å². The van der Waals surface area contributed by atoms with Crippen LogP contribution in [0.5, 0.6) is 0 Å². The maximum atomic E-state index is 4.56. The summed E-state index contributed by atoms with van der Waals surface area (Å²) in [6.45, 7) is 4.52. The molecule has 1 nitrogen and oxygen atoms in total. The number of nitrogens with zero attached hydrogens (tertiary/aromatic N) is 1. The van der Waals surface area contributed by atoms with Crippen LogP contribution in [-0.2, 0) is 6.42 Å². The van der Waals surface area contributed by atoms with Gasteiger partial charge in [0.2, 0.25) is 0 Å². The van der Waals surface area contributed by atoms with Gasteiger partial charge in [-0.1, -0.05) is 20.3 Å². The third-order valence-corrected chi connectivity index (χ3v) is 4.69. The van der Waals surface area contributed by atoms with Gasteiger partial charge in [0.1, 0.15) is 0 Å². The van der Waals surface area contributed by atoms with Gasteiger partial charge in [-0.3, -0.25) is 0 Å². The van der Waals surface area contributed by atoms with Gasteiger partial charge >= 0.3 is 0 Å². The van der Waals surface area contributed by atoms with Crippen molar-refractivity contribution >= 4 is 11.3 Å². The Hall–Kier alpha value is -0.370. The molecule has 1 aromatic rings. The van der Waals surface area contributed by atoms with E-state index in [1.165, 1.54) is 35.6 Å². The number of rotatable bonds is 3. The highest BCUT2D eigenvalue weighted by atomic mass is 32.1. The Kier molecular flexibility index (Phi) is 3.22. The molecule has 0 bridgehead atoms. The predicted molar refractivity (Wildman–Crippen MR) is 61.9 cm³/mol. The molecule has 0 radical (unpaired) electrons. The molecular formula is C12H19NS. The fourth-order valence-electron chi connectivity index (χ4n) is 2.34. The van der Waals surface area contributed by atoms with E-state index in [1.54, 1.807) is 0 Å². The molecule has 2 heteroatoms. The maximum Gasteiger partial charge on any atom is 0.0958 e. The number of hydrogen-bond acceptors (Lipinski definition) is 2. The van der Waals surface area contributed by atoms with Crippen LogP contribution in [0, 0.1) is 5.92 Å². The lowest BCUT2D eigenvalue weighted by Gasteiger charge is -2.05. The Morgan fingerprint density at radius 3 is 2.86 bits per heavy atom. The second kappa shape index (κ2) is 4.43. The number of thiazole rings is 1. The molecule has 78 valence electrons. The summed E-state index contributed by atoms with van der Waals surface area (Å²) in [6, 6.07) is 0. The van der Waals surface area contributed by atoms with Crippen LogP contribution in [0.25, 0.3) is 0 Å². The van der Waals surface area contributed by atoms with Crippen LogP contribution in [0.15, 0.2) is 6.20 Å². The molecule has 0 aliphatic heterocycles. The molecule has 2 atom stereocenters. The third kappa shape index (κ3) is 2.00. The average molecular weight is 209 g/mol. The van der Waals surface area contributed by atoms with E-state index >= 15 is 0 Å². The molecule has 1 aliphatic rings. The summed E-state index contributed by atoms with van der Waals surface area (Å²) < 4.78 is 0. The zero-order valence-corrected chi connectivity index (χ0v) is 9.94. The van der Waals surface area contributed by atoms with E-state index in [0.717, 1.165) is 18.3 Å². The molecule has 1 aromatic heterocycles. The van der Waals surface area contributed by atoms with Crippen LogP contribution >= 0.6 is 11.3 Å². The molecule has 2 rings (SSSR count). The summed E-state index contributed by atoms with van der Waals surface area (Å²) in [6.07, 6.45) is 8.73. The minimum Gasteiger partial charge on any atom is -0.249 e. The summed E-state index contributed by atoms with van der Waals surface area (Å²) in [7, 11) is 0. The van der Waals surface area contributed by atoms with E-state index in [0.29, 0.717) is 0 Å². The molecule has 0 spiro atoms. The standard InChI is InChI=1S/C12H19NS/c1-3-9-5-6-10(7-9)12-13-8-11(4-2)14-12/h8-10H,3-7H2,1-2H3. The van der Waals surface area contributed by atoms with Crippen LogP contribution in [0.2, 0.25) is 0 Å². The lowest BCUT2D eigenvalue weighted by Crippen LogP contribution is -1.93. The first-order valence-corrected chi connectivity index (χ1v) is 6.59. The minimum atomic E-state index is 0.783. The number of hydrogen-bond donors (Lipinski definition) is 0. The zero-order chi connectivity index (χ0) is 9.97. The van der Waals surface area contributed by atoms with Gasteiger partial charge in [0.15, 0.2) is 0 Å². The molecule has 1 heterocycles. The largest absolute Gasteiger partial charge is 0.249 e. The Morgan fingerprint density at radius 1 is 1.43 bits per heavy atom. The van der Waals surface area contributed by atoms with Crippen molar-refractivity contribution in [3.05, 3.63) is 16.1 Å². The van der Waals surface area contributed by atoms with Crippen molar-refractivity contribution in [3.63, 3.8) is 0 Å². The second-order valence-corrected chi connectivity index (χ2v) is 5.45. The van der Waals surface area contributed by atoms with Crippen molar-refractivity contribution in [1.82, 2.24) is 4.98 Å². The van der Waals surface area contributed by atoms with Crippen molar-refractivity contribution in [1.29, 1.82) is 0 Å². The smallest absolute Gasteiger partial charge is 0.0958 e. The van der Waals surface area contributed by atoms with E-state index in [9.17, 15) is 0 Å². The van der Waals surface area contributed by atoms with Crippen molar-refractivity contribution in [3.8, 4) is 0 Å². The van der Waals surface area contributed by atoms with Crippen LogP contribution < -0.4 is 0 Å². The molecular weight excluding hydrogens is 190 g/mol. The minimum absolute atomic E-state index is 0.783. The summed E-state index contributed by atoms with van der Waals surface area (Å²) in [5, 5.41) is 1.40. The number of aryl methyl sites for hydroxylation is 1. The summed E-state index contributed by atoms with van der Waals surface area (Å²) in [5.74, 6) is 1.75. The molecule has 2 unspecified atom stereocenters. The van der Waals surface area contributed by atoms with Crippen molar-refractivity contribution < 1.29 is 0 Å². The topological polar surface area (TPSA) is 12.9 Å². The first kappa shape index (κ1) is 10.2. The first-order valence-electron chi connectivity index (χ1n) is 5.78. The van der Waals surface area contributed by atoms with E-state index in [-0.39, 0.29) is 0 Å². The quantitative estimate of drug-likeness (QED) is 0.733. The van der Waals surface area contributed by atoms with Gasteiger partial charge in [0, 0.05) is 17.0 Å². The molecule has 0 aromatic carbocycles. The highest BCUT2D eigenvalue weighted by Gasteiger charge is 2.26. The fourth-order valence-corrected chi connectivity index (χ4v) is 3.35. The Morgan fingerprint density at radius 2 is 2.29 bits per heavy atom. The van der Waals surface area contributed by atoms with Gasteiger partial charge < -0.3 is 0 Å². The van der Waals surface area contributed by atoms with Gasteiger partial charge in [-0.15, -0.1) is 11.3 Å². The predicted octanol–water partition coefficient (Wildman–Crippen LogP) is 4.00. The van der Waals surface area contributed by atoms with E-state index in [1.807, 2.05) is 11.3 Å². The lowest BCUT2D eigenvalue weighted by molar-refractivity contribution is 0.521. The molecule has 0 saturated heterocycles.